The first kappa shape index (κ1) is 14.9. The molecule has 3 rings (SSSR count). The second kappa shape index (κ2) is 5.04. The van der Waals surface area contributed by atoms with E-state index < -0.39 is 17.5 Å². The fourth-order valence-corrected chi connectivity index (χ4v) is 2.81. The van der Waals surface area contributed by atoms with Crippen molar-refractivity contribution >= 4 is 5.69 Å². The highest BCUT2D eigenvalue weighted by Crippen LogP contribution is 2.37. The Bertz CT molecular complexity index is 709. The molecule has 0 spiro atoms. The van der Waals surface area contributed by atoms with E-state index in [0.29, 0.717) is 12.0 Å². The molecule has 0 saturated heterocycles. The molecular weight excluding hydrogens is 287 g/mol. The lowest BCUT2D eigenvalue weighted by Crippen LogP contribution is -2.10. The molecule has 2 aromatic carbocycles. The van der Waals surface area contributed by atoms with Gasteiger partial charge in [0.15, 0.2) is 17.5 Å². The predicted molar refractivity (Wildman–Crippen MR) is 81.5 cm³/mol. The topological polar surface area (TPSA) is 12.0 Å². The molecule has 1 N–H and O–H groups in total. The van der Waals surface area contributed by atoms with Crippen LogP contribution in [0.15, 0.2) is 30.3 Å². The van der Waals surface area contributed by atoms with Crippen LogP contribution in [-0.2, 0) is 11.8 Å². The third-order valence-corrected chi connectivity index (χ3v) is 4.13. The number of hydrogen-bond acceptors (Lipinski definition) is 1. The number of benzene rings is 2. The van der Waals surface area contributed by atoms with Gasteiger partial charge in [-0.2, -0.15) is 0 Å². The second-order valence-corrected chi connectivity index (χ2v) is 6.82. The molecule has 2 aromatic rings. The van der Waals surface area contributed by atoms with Crippen LogP contribution in [0.3, 0.4) is 0 Å². The summed E-state index contributed by atoms with van der Waals surface area (Å²) in [5.41, 5.74) is 3.75. The van der Waals surface area contributed by atoms with Gasteiger partial charge in [-0.25, -0.2) is 13.2 Å². The van der Waals surface area contributed by atoms with E-state index >= 15 is 0 Å². The average Bonchev–Trinajstić information content (AvgIpc) is 2.86. The van der Waals surface area contributed by atoms with Gasteiger partial charge in [-0.05, 0) is 46.7 Å². The molecular formula is C18H18F3N. The standard InChI is InChI=1S/C18H18F3N/c1-18(2,3)12-4-5-15-10(6-12)9-16(22-15)11-7-13(19)17(21)14(20)8-11/h4-8,16,22H,9H2,1-3H3. The van der Waals surface area contributed by atoms with Gasteiger partial charge in [0.1, 0.15) is 0 Å². The molecule has 1 nitrogen and oxygen atoms in total. The highest BCUT2D eigenvalue weighted by molar-refractivity contribution is 5.60. The molecule has 0 amide bonds. The van der Waals surface area contributed by atoms with Gasteiger partial charge >= 0.3 is 0 Å². The molecule has 1 aliphatic rings. The van der Waals surface area contributed by atoms with E-state index in [1.54, 1.807) is 0 Å². The number of nitrogens with one attached hydrogen (secondary N) is 1. The van der Waals surface area contributed by atoms with Gasteiger partial charge < -0.3 is 5.32 Å². The normalized spacial score (nSPS) is 17.3. The summed E-state index contributed by atoms with van der Waals surface area (Å²) in [6, 6.07) is 8.05. The van der Waals surface area contributed by atoms with Crippen molar-refractivity contribution in [2.75, 3.05) is 5.32 Å². The molecule has 4 heteroatoms. The van der Waals surface area contributed by atoms with Crippen LogP contribution in [0, 0.1) is 17.5 Å². The van der Waals surface area contributed by atoms with Gasteiger partial charge in [0, 0.05) is 5.69 Å². The Morgan fingerprint density at radius 1 is 1.00 bits per heavy atom. The van der Waals surface area contributed by atoms with Crippen molar-refractivity contribution in [3.8, 4) is 0 Å². The quantitative estimate of drug-likeness (QED) is 0.722. The highest BCUT2D eigenvalue weighted by atomic mass is 19.2. The maximum atomic E-state index is 13.4. The Hall–Kier alpha value is -1.97. The maximum Gasteiger partial charge on any atom is 0.194 e. The van der Waals surface area contributed by atoms with Gasteiger partial charge in [-0.1, -0.05) is 32.9 Å². The van der Waals surface area contributed by atoms with E-state index in [-0.39, 0.29) is 11.5 Å². The number of anilines is 1. The minimum atomic E-state index is -1.42. The minimum absolute atomic E-state index is 0.0429. The van der Waals surface area contributed by atoms with Crippen molar-refractivity contribution in [1.82, 2.24) is 0 Å². The molecule has 0 bridgehead atoms. The smallest absolute Gasteiger partial charge is 0.194 e. The maximum absolute atomic E-state index is 13.4. The van der Waals surface area contributed by atoms with Gasteiger partial charge in [-0.15, -0.1) is 0 Å². The van der Waals surface area contributed by atoms with Crippen molar-refractivity contribution in [2.45, 2.75) is 38.6 Å². The molecule has 0 radical (unpaired) electrons. The number of halogens is 3. The van der Waals surface area contributed by atoms with Crippen LogP contribution < -0.4 is 5.32 Å². The summed E-state index contributed by atoms with van der Waals surface area (Å²) in [7, 11) is 0. The molecule has 0 fully saturated rings. The predicted octanol–water partition coefficient (Wildman–Crippen LogP) is 5.11. The van der Waals surface area contributed by atoms with Crippen molar-refractivity contribution in [2.24, 2.45) is 0 Å². The molecule has 1 heterocycles. The van der Waals surface area contributed by atoms with Crippen molar-refractivity contribution < 1.29 is 13.2 Å². The molecule has 0 aromatic heterocycles. The van der Waals surface area contributed by atoms with Crippen LogP contribution in [0.1, 0.15) is 43.5 Å². The number of fused-ring (bicyclic) bond motifs is 1. The Morgan fingerprint density at radius 3 is 2.23 bits per heavy atom. The van der Waals surface area contributed by atoms with Crippen LogP contribution in [-0.4, -0.2) is 0 Å². The van der Waals surface area contributed by atoms with Crippen LogP contribution in [0.4, 0.5) is 18.9 Å². The van der Waals surface area contributed by atoms with Crippen molar-refractivity contribution in [1.29, 1.82) is 0 Å². The van der Waals surface area contributed by atoms with Gasteiger partial charge in [0.05, 0.1) is 6.04 Å². The Kier molecular flexibility index (Phi) is 3.42. The van der Waals surface area contributed by atoms with E-state index in [0.717, 1.165) is 23.4 Å². The van der Waals surface area contributed by atoms with Crippen LogP contribution in [0.5, 0.6) is 0 Å². The fourth-order valence-electron chi connectivity index (χ4n) is 2.81. The van der Waals surface area contributed by atoms with Crippen LogP contribution in [0.25, 0.3) is 0 Å². The monoisotopic (exact) mass is 305 g/mol. The van der Waals surface area contributed by atoms with Gasteiger partial charge in [0.25, 0.3) is 0 Å². The van der Waals surface area contributed by atoms with E-state index in [2.05, 4.69) is 38.2 Å². The molecule has 1 unspecified atom stereocenters. The molecule has 1 atom stereocenters. The molecule has 0 saturated carbocycles. The first-order chi connectivity index (χ1) is 10.3. The van der Waals surface area contributed by atoms with E-state index in [4.69, 9.17) is 0 Å². The second-order valence-electron chi connectivity index (χ2n) is 6.82. The summed E-state index contributed by atoms with van der Waals surface area (Å²) >= 11 is 0. The third kappa shape index (κ3) is 2.58. The largest absolute Gasteiger partial charge is 0.378 e. The lowest BCUT2D eigenvalue weighted by Gasteiger charge is -2.19. The molecule has 0 aliphatic carbocycles. The summed E-state index contributed by atoms with van der Waals surface area (Å²) in [6.07, 6.45) is 0.629. The summed E-state index contributed by atoms with van der Waals surface area (Å²) in [4.78, 5) is 0. The Balaban J connectivity index is 1.92. The minimum Gasteiger partial charge on any atom is -0.378 e. The fraction of sp³-hybridized carbons (Fsp3) is 0.333. The Morgan fingerprint density at radius 2 is 1.64 bits per heavy atom. The average molecular weight is 305 g/mol. The van der Waals surface area contributed by atoms with E-state index in [1.807, 2.05) is 6.07 Å². The number of hydrogen-bond donors (Lipinski definition) is 1. The summed E-state index contributed by atoms with van der Waals surface area (Å²) in [5, 5.41) is 3.25. The summed E-state index contributed by atoms with van der Waals surface area (Å²) in [6.45, 7) is 6.41. The van der Waals surface area contributed by atoms with Gasteiger partial charge in [0.2, 0.25) is 0 Å². The number of rotatable bonds is 1. The zero-order valence-corrected chi connectivity index (χ0v) is 12.8. The highest BCUT2D eigenvalue weighted by Gasteiger charge is 2.26. The molecule has 22 heavy (non-hydrogen) atoms. The van der Waals surface area contributed by atoms with Crippen molar-refractivity contribution in [3.05, 3.63) is 64.5 Å². The van der Waals surface area contributed by atoms with E-state index in [1.165, 1.54) is 5.56 Å². The molecule has 116 valence electrons. The summed E-state index contributed by atoms with van der Waals surface area (Å²) in [5.74, 6) is -3.72. The SMILES string of the molecule is CC(C)(C)c1ccc2c(c1)CC(c1cc(F)c(F)c(F)c1)N2. The zero-order chi connectivity index (χ0) is 16.1. The van der Waals surface area contributed by atoms with E-state index in [9.17, 15) is 13.2 Å². The van der Waals surface area contributed by atoms with Crippen LogP contribution >= 0.6 is 0 Å². The first-order valence-corrected chi connectivity index (χ1v) is 7.30. The van der Waals surface area contributed by atoms with Gasteiger partial charge in [-0.3, -0.25) is 0 Å². The third-order valence-electron chi connectivity index (χ3n) is 4.13. The Labute approximate surface area is 128 Å². The zero-order valence-electron chi connectivity index (χ0n) is 12.8. The lowest BCUT2D eigenvalue weighted by molar-refractivity contribution is 0.444. The van der Waals surface area contributed by atoms with Crippen molar-refractivity contribution in [3.63, 3.8) is 0 Å². The van der Waals surface area contributed by atoms with Crippen LogP contribution in [0.2, 0.25) is 0 Å². The lowest BCUT2D eigenvalue weighted by atomic mass is 9.85. The first-order valence-electron chi connectivity index (χ1n) is 7.30. The molecule has 1 aliphatic heterocycles. The summed E-state index contributed by atoms with van der Waals surface area (Å²) < 4.78 is 39.9.